The van der Waals surface area contributed by atoms with Gasteiger partial charge in [-0.25, -0.2) is 0 Å². The van der Waals surface area contributed by atoms with Crippen LogP contribution in [0.15, 0.2) is 0 Å². The minimum Gasteiger partial charge on any atom is -0.355 e. The minimum atomic E-state index is -0.130. The molecule has 2 N–H and O–H groups in total. The van der Waals surface area contributed by atoms with Gasteiger partial charge >= 0.3 is 0 Å². The van der Waals surface area contributed by atoms with E-state index in [4.69, 9.17) is 0 Å². The summed E-state index contributed by atoms with van der Waals surface area (Å²) in [5.74, 6) is 0.309. The standard InChI is InChI=1S/C16H30N2O/c1-3-6-15(9-10-15)12-18-14(19)16(7-4-2)8-5-11-17-13-16/h17H,3-13H2,1-2H3,(H,18,19). The molecule has 1 unspecified atom stereocenters. The molecule has 3 nitrogen and oxygen atoms in total. The van der Waals surface area contributed by atoms with Crippen LogP contribution >= 0.6 is 0 Å². The van der Waals surface area contributed by atoms with E-state index < -0.39 is 0 Å². The summed E-state index contributed by atoms with van der Waals surface area (Å²) in [5.41, 5.74) is 0.329. The fourth-order valence-electron chi connectivity index (χ4n) is 3.64. The molecule has 1 amide bonds. The first-order chi connectivity index (χ1) is 9.16. The van der Waals surface area contributed by atoms with Crippen molar-refractivity contribution < 1.29 is 4.79 Å². The van der Waals surface area contributed by atoms with Crippen LogP contribution in [0.25, 0.3) is 0 Å². The number of carbonyl (C=O) groups excluding carboxylic acids is 1. The van der Waals surface area contributed by atoms with E-state index in [-0.39, 0.29) is 5.41 Å². The van der Waals surface area contributed by atoms with Crippen LogP contribution in [0.1, 0.15) is 65.2 Å². The third-order valence-corrected chi connectivity index (χ3v) is 5.04. The van der Waals surface area contributed by atoms with E-state index in [2.05, 4.69) is 24.5 Å². The van der Waals surface area contributed by atoms with Crippen molar-refractivity contribution in [1.29, 1.82) is 0 Å². The zero-order chi connectivity index (χ0) is 13.8. The summed E-state index contributed by atoms with van der Waals surface area (Å²) in [6.45, 7) is 7.27. The molecule has 1 atom stereocenters. The van der Waals surface area contributed by atoms with Crippen LogP contribution in [0.4, 0.5) is 0 Å². The van der Waals surface area contributed by atoms with Gasteiger partial charge in [0, 0.05) is 13.1 Å². The van der Waals surface area contributed by atoms with Crippen molar-refractivity contribution in [3.05, 3.63) is 0 Å². The number of rotatable bonds is 7. The Balaban J connectivity index is 1.89. The number of piperidine rings is 1. The molecule has 1 heterocycles. The fraction of sp³-hybridized carbons (Fsp3) is 0.938. The van der Waals surface area contributed by atoms with E-state index in [1.165, 1.54) is 25.7 Å². The quantitative estimate of drug-likeness (QED) is 0.744. The maximum absolute atomic E-state index is 12.6. The van der Waals surface area contributed by atoms with Crippen LogP contribution in [-0.4, -0.2) is 25.5 Å². The van der Waals surface area contributed by atoms with Crippen LogP contribution in [0.2, 0.25) is 0 Å². The average molecular weight is 266 g/mol. The van der Waals surface area contributed by atoms with E-state index in [1.807, 2.05) is 0 Å². The third kappa shape index (κ3) is 3.50. The lowest BCUT2D eigenvalue weighted by atomic mass is 9.76. The first kappa shape index (κ1) is 14.8. The number of nitrogens with one attached hydrogen (secondary N) is 2. The fourth-order valence-corrected chi connectivity index (χ4v) is 3.64. The summed E-state index contributed by atoms with van der Waals surface area (Å²) >= 11 is 0. The summed E-state index contributed by atoms with van der Waals surface area (Å²) in [6.07, 6.45) is 9.42. The molecule has 1 saturated heterocycles. The zero-order valence-electron chi connectivity index (χ0n) is 12.7. The van der Waals surface area contributed by atoms with E-state index in [0.717, 1.165) is 45.3 Å². The van der Waals surface area contributed by atoms with Crippen LogP contribution in [0.5, 0.6) is 0 Å². The molecule has 1 saturated carbocycles. The van der Waals surface area contributed by atoms with Gasteiger partial charge in [0.05, 0.1) is 5.41 Å². The van der Waals surface area contributed by atoms with Gasteiger partial charge in [-0.3, -0.25) is 4.79 Å². The lowest BCUT2D eigenvalue weighted by molar-refractivity contribution is -0.132. The maximum Gasteiger partial charge on any atom is 0.227 e. The molecule has 2 fully saturated rings. The second-order valence-corrected chi connectivity index (χ2v) is 6.74. The predicted octanol–water partition coefficient (Wildman–Crippen LogP) is 2.85. The molecular formula is C16H30N2O. The lowest BCUT2D eigenvalue weighted by Crippen LogP contribution is -2.51. The molecule has 0 aromatic heterocycles. The molecular weight excluding hydrogens is 236 g/mol. The summed E-state index contributed by atoms with van der Waals surface area (Å²) in [4.78, 5) is 12.6. The van der Waals surface area contributed by atoms with Gasteiger partial charge < -0.3 is 10.6 Å². The maximum atomic E-state index is 12.6. The van der Waals surface area contributed by atoms with Crippen molar-refractivity contribution in [1.82, 2.24) is 10.6 Å². The Hall–Kier alpha value is -0.570. The summed E-state index contributed by atoms with van der Waals surface area (Å²) in [7, 11) is 0. The lowest BCUT2D eigenvalue weighted by Gasteiger charge is -2.36. The van der Waals surface area contributed by atoms with Gasteiger partial charge in [0.25, 0.3) is 0 Å². The minimum absolute atomic E-state index is 0.130. The number of carbonyl (C=O) groups is 1. The Labute approximate surface area is 117 Å². The molecule has 2 rings (SSSR count). The summed E-state index contributed by atoms with van der Waals surface area (Å²) < 4.78 is 0. The van der Waals surface area contributed by atoms with Crippen LogP contribution in [0.3, 0.4) is 0 Å². The topological polar surface area (TPSA) is 41.1 Å². The van der Waals surface area contributed by atoms with Gasteiger partial charge in [0.2, 0.25) is 5.91 Å². The molecule has 19 heavy (non-hydrogen) atoms. The molecule has 1 aliphatic heterocycles. The van der Waals surface area contributed by atoms with Gasteiger partial charge in [-0.2, -0.15) is 0 Å². The molecule has 3 heteroatoms. The summed E-state index contributed by atoms with van der Waals surface area (Å²) in [5, 5.41) is 6.71. The Kier molecular flexibility index (Phi) is 4.88. The summed E-state index contributed by atoms with van der Waals surface area (Å²) in [6, 6.07) is 0. The molecule has 0 spiro atoms. The van der Waals surface area contributed by atoms with Crippen LogP contribution < -0.4 is 10.6 Å². The molecule has 0 aromatic carbocycles. The van der Waals surface area contributed by atoms with Crippen molar-refractivity contribution in [2.24, 2.45) is 10.8 Å². The molecule has 1 aliphatic carbocycles. The van der Waals surface area contributed by atoms with Crippen LogP contribution in [-0.2, 0) is 4.79 Å². The normalized spacial score (nSPS) is 28.9. The van der Waals surface area contributed by atoms with Crippen LogP contribution in [0, 0.1) is 10.8 Å². The van der Waals surface area contributed by atoms with E-state index in [1.54, 1.807) is 0 Å². The van der Waals surface area contributed by atoms with E-state index in [0.29, 0.717) is 11.3 Å². The SMILES string of the molecule is CCCC1(CNC(=O)C2(CCC)CCCNC2)CC1. The van der Waals surface area contributed by atoms with Crippen molar-refractivity contribution in [2.75, 3.05) is 19.6 Å². The Morgan fingerprint density at radius 1 is 1.16 bits per heavy atom. The smallest absolute Gasteiger partial charge is 0.227 e. The van der Waals surface area contributed by atoms with Gasteiger partial charge in [-0.1, -0.05) is 26.7 Å². The van der Waals surface area contributed by atoms with E-state index >= 15 is 0 Å². The largest absolute Gasteiger partial charge is 0.355 e. The van der Waals surface area contributed by atoms with Gasteiger partial charge in [-0.15, -0.1) is 0 Å². The Morgan fingerprint density at radius 2 is 1.89 bits per heavy atom. The van der Waals surface area contributed by atoms with Crippen molar-refractivity contribution in [3.63, 3.8) is 0 Å². The molecule has 2 aliphatic rings. The highest BCUT2D eigenvalue weighted by molar-refractivity contribution is 5.83. The molecule has 0 bridgehead atoms. The van der Waals surface area contributed by atoms with Gasteiger partial charge in [-0.05, 0) is 50.5 Å². The molecule has 110 valence electrons. The zero-order valence-corrected chi connectivity index (χ0v) is 12.7. The monoisotopic (exact) mass is 266 g/mol. The van der Waals surface area contributed by atoms with Crippen molar-refractivity contribution in [2.45, 2.75) is 65.2 Å². The Bertz CT molecular complexity index is 298. The Morgan fingerprint density at radius 3 is 2.42 bits per heavy atom. The number of hydrogen-bond acceptors (Lipinski definition) is 2. The number of hydrogen-bond donors (Lipinski definition) is 2. The van der Waals surface area contributed by atoms with Crippen molar-refractivity contribution >= 4 is 5.91 Å². The van der Waals surface area contributed by atoms with E-state index in [9.17, 15) is 4.79 Å². The second kappa shape index (κ2) is 6.25. The predicted molar refractivity (Wildman–Crippen MR) is 79.0 cm³/mol. The number of amides is 1. The first-order valence-corrected chi connectivity index (χ1v) is 8.15. The highest BCUT2D eigenvalue weighted by Crippen LogP contribution is 2.49. The molecule has 0 aromatic rings. The first-order valence-electron chi connectivity index (χ1n) is 8.15. The van der Waals surface area contributed by atoms with Gasteiger partial charge in [0.15, 0.2) is 0 Å². The average Bonchev–Trinajstić information content (AvgIpc) is 3.18. The van der Waals surface area contributed by atoms with Gasteiger partial charge in [0.1, 0.15) is 0 Å². The second-order valence-electron chi connectivity index (χ2n) is 6.74. The highest BCUT2D eigenvalue weighted by atomic mass is 16.2. The third-order valence-electron chi connectivity index (χ3n) is 5.04. The highest BCUT2D eigenvalue weighted by Gasteiger charge is 2.44. The van der Waals surface area contributed by atoms with Crippen molar-refractivity contribution in [3.8, 4) is 0 Å². The molecule has 0 radical (unpaired) electrons.